The van der Waals surface area contributed by atoms with E-state index in [1.807, 2.05) is 13.8 Å². The molecule has 7 nitrogen and oxygen atoms in total. The Hall–Kier alpha value is -2.50. The van der Waals surface area contributed by atoms with Gasteiger partial charge in [-0.15, -0.1) is 0 Å². The number of carbonyl (C=O) groups is 2. The van der Waals surface area contributed by atoms with Crippen molar-refractivity contribution in [3.05, 3.63) is 63.6 Å². The number of nitrogens with one attached hydrogen (secondary N) is 1. The van der Waals surface area contributed by atoms with Gasteiger partial charge in [0.2, 0.25) is 21.8 Å². The zero-order valence-electron chi connectivity index (χ0n) is 22.8. The molecule has 2 amide bonds. The summed E-state index contributed by atoms with van der Waals surface area (Å²) in [5, 5.41) is 3.52. The van der Waals surface area contributed by atoms with Crippen LogP contribution in [0.3, 0.4) is 0 Å². The van der Waals surface area contributed by atoms with E-state index >= 15 is 0 Å². The topological polar surface area (TPSA) is 86.8 Å². The fraction of sp³-hybridized carbons (Fsp3) is 0.481. The molecule has 2 aromatic rings. The van der Waals surface area contributed by atoms with Gasteiger partial charge in [0.1, 0.15) is 6.04 Å². The normalized spacial score (nSPS) is 13.4. The predicted octanol–water partition coefficient (Wildman–Crippen LogP) is 6.28. The molecule has 0 fully saturated rings. The molecule has 0 saturated carbocycles. The lowest BCUT2D eigenvalue weighted by Gasteiger charge is -2.32. The molecule has 0 saturated heterocycles. The van der Waals surface area contributed by atoms with Crippen LogP contribution in [0.25, 0.3) is 0 Å². The number of amides is 2. The molecule has 0 heterocycles. The standard InChI is InChI=1S/C27H34Cl2F3N3O4S/c1-5-18(3)33-26(37)24(6-2)34(17-21-22(28)12-8-13-23(21)29)25(36)14-9-15-35(40(4,38)39)20-11-7-10-19(16-20)27(30,31)32/h7-8,10-13,16,18,24H,5-6,9,14-15,17H2,1-4H3,(H,33,37)/t18-,24+/m1/s1. The molecule has 13 heteroatoms. The third kappa shape index (κ3) is 9.27. The molecule has 40 heavy (non-hydrogen) atoms. The van der Waals surface area contributed by atoms with Crippen molar-refractivity contribution in [2.45, 2.75) is 71.3 Å². The Morgan fingerprint density at radius 3 is 2.15 bits per heavy atom. The summed E-state index contributed by atoms with van der Waals surface area (Å²) >= 11 is 12.7. The van der Waals surface area contributed by atoms with Crippen LogP contribution in [0, 0.1) is 0 Å². The Balaban J connectivity index is 2.32. The zero-order chi connectivity index (χ0) is 30.3. The minimum Gasteiger partial charge on any atom is -0.352 e. The predicted molar refractivity (Wildman–Crippen MR) is 152 cm³/mol. The van der Waals surface area contributed by atoms with Crippen LogP contribution in [0.4, 0.5) is 18.9 Å². The van der Waals surface area contributed by atoms with Crippen molar-refractivity contribution >= 4 is 50.7 Å². The highest BCUT2D eigenvalue weighted by atomic mass is 35.5. The van der Waals surface area contributed by atoms with Gasteiger partial charge in [-0.3, -0.25) is 13.9 Å². The smallest absolute Gasteiger partial charge is 0.352 e. The van der Waals surface area contributed by atoms with E-state index in [2.05, 4.69) is 5.32 Å². The van der Waals surface area contributed by atoms with Crippen molar-refractivity contribution < 1.29 is 31.2 Å². The van der Waals surface area contributed by atoms with E-state index in [9.17, 15) is 31.2 Å². The molecule has 0 aliphatic carbocycles. The number of nitrogens with zero attached hydrogens (tertiary/aromatic N) is 2. The largest absolute Gasteiger partial charge is 0.416 e. The molecule has 2 aromatic carbocycles. The molecule has 0 aliphatic heterocycles. The van der Waals surface area contributed by atoms with Gasteiger partial charge in [-0.25, -0.2) is 8.42 Å². The first-order valence-electron chi connectivity index (χ1n) is 12.8. The van der Waals surface area contributed by atoms with Crippen LogP contribution < -0.4 is 9.62 Å². The second kappa shape index (κ2) is 14.4. The summed E-state index contributed by atoms with van der Waals surface area (Å²) in [6.45, 7) is 5.20. The first-order valence-corrected chi connectivity index (χ1v) is 15.4. The molecular formula is C27H34Cl2F3N3O4S. The van der Waals surface area contributed by atoms with Crippen LogP contribution in [0.2, 0.25) is 10.0 Å². The second-order valence-electron chi connectivity index (χ2n) is 9.45. The second-order valence-corrected chi connectivity index (χ2v) is 12.2. The quantitative estimate of drug-likeness (QED) is 0.284. The molecule has 0 spiro atoms. The number of carbonyl (C=O) groups excluding carboxylic acids is 2. The molecule has 0 unspecified atom stereocenters. The lowest BCUT2D eigenvalue weighted by Crippen LogP contribution is -2.50. The molecule has 0 aliphatic rings. The molecular weight excluding hydrogens is 590 g/mol. The lowest BCUT2D eigenvalue weighted by molar-refractivity contribution is -0.141. The fourth-order valence-electron chi connectivity index (χ4n) is 4.06. The Kier molecular flexibility index (Phi) is 12.1. The SMILES string of the molecule is CC[C@@H](C)NC(=O)[C@H](CC)N(Cc1c(Cl)cccc1Cl)C(=O)CCCN(c1cccc(C(F)(F)F)c1)S(C)(=O)=O. The lowest BCUT2D eigenvalue weighted by atomic mass is 10.1. The first-order chi connectivity index (χ1) is 18.6. The minimum atomic E-state index is -4.65. The third-order valence-corrected chi connectivity index (χ3v) is 8.29. The van der Waals surface area contributed by atoms with Crippen molar-refractivity contribution in [3.8, 4) is 0 Å². The van der Waals surface area contributed by atoms with Gasteiger partial charge < -0.3 is 10.2 Å². The van der Waals surface area contributed by atoms with Crippen LogP contribution in [-0.2, 0) is 32.3 Å². The van der Waals surface area contributed by atoms with E-state index < -0.39 is 33.7 Å². The van der Waals surface area contributed by atoms with Crippen molar-refractivity contribution in [3.63, 3.8) is 0 Å². The average Bonchev–Trinajstić information content (AvgIpc) is 2.86. The maximum Gasteiger partial charge on any atom is 0.416 e. The van der Waals surface area contributed by atoms with Crippen LogP contribution in [0.5, 0.6) is 0 Å². The van der Waals surface area contributed by atoms with E-state index in [1.54, 1.807) is 25.1 Å². The highest BCUT2D eigenvalue weighted by molar-refractivity contribution is 7.92. The number of alkyl halides is 3. The summed E-state index contributed by atoms with van der Waals surface area (Å²) in [6, 6.07) is 7.88. The van der Waals surface area contributed by atoms with Crippen molar-refractivity contribution in [2.75, 3.05) is 17.1 Å². The summed E-state index contributed by atoms with van der Waals surface area (Å²) in [7, 11) is -3.97. The van der Waals surface area contributed by atoms with Crippen LogP contribution in [0.15, 0.2) is 42.5 Å². The van der Waals surface area contributed by atoms with Crippen molar-refractivity contribution in [1.82, 2.24) is 10.2 Å². The maximum atomic E-state index is 13.5. The summed E-state index contributed by atoms with van der Waals surface area (Å²) in [4.78, 5) is 28.0. The third-order valence-electron chi connectivity index (χ3n) is 6.39. The number of hydrogen-bond donors (Lipinski definition) is 1. The first kappa shape index (κ1) is 33.7. The molecule has 2 rings (SSSR count). The van der Waals surface area contributed by atoms with Crippen LogP contribution in [-0.4, -0.2) is 50.0 Å². The van der Waals surface area contributed by atoms with Gasteiger partial charge in [-0.1, -0.05) is 49.2 Å². The summed E-state index contributed by atoms with van der Waals surface area (Å²) in [5.74, 6) is -0.810. The Morgan fingerprint density at radius 2 is 1.62 bits per heavy atom. The van der Waals surface area contributed by atoms with E-state index in [0.29, 0.717) is 22.0 Å². The molecule has 222 valence electrons. The number of benzene rings is 2. The number of hydrogen-bond acceptors (Lipinski definition) is 4. The Morgan fingerprint density at radius 1 is 1.02 bits per heavy atom. The molecule has 0 bridgehead atoms. The van der Waals surface area contributed by atoms with Gasteiger partial charge in [0, 0.05) is 41.2 Å². The van der Waals surface area contributed by atoms with Crippen LogP contribution >= 0.6 is 23.2 Å². The molecule has 2 atom stereocenters. The van der Waals surface area contributed by atoms with Gasteiger partial charge in [0.05, 0.1) is 17.5 Å². The van der Waals surface area contributed by atoms with Crippen molar-refractivity contribution in [1.29, 1.82) is 0 Å². The van der Waals surface area contributed by atoms with E-state index in [0.717, 1.165) is 28.8 Å². The van der Waals surface area contributed by atoms with E-state index in [1.165, 1.54) is 11.0 Å². The zero-order valence-corrected chi connectivity index (χ0v) is 25.1. The summed E-state index contributed by atoms with van der Waals surface area (Å²) < 4.78 is 65.4. The monoisotopic (exact) mass is 623 g/mol. The number of rotatable bonds is 13. The highest BCUT2D eigenvalue weighted by Crippen LogP contribution is 2.32. The molecule has 0 radical (unpaired) electrons. The fourth-order valence-corrected chi connectivity index (χ4v) is 5.53. The maximum absolute atomic E-state index is 13.5. The number of halogens is 5. The molecule has 0 aromatic heterocycles. The highest BCUT2D eigenvalue weighted by Gasteiger charge is 2.32. The van der Waals surface area contributed by atoms with Crippen molar-refractivity contribution in [2.24, 2.45) is 0 Å². The molecule has 1 N–H and O–H groups in total. The van der Waals surface area contributed by atoms with Gasteiger partial charge >= 0.3 is 6.18 Å². The summed E-state index contributed by atoms with van der Waals surface area (Å²) in [5.41, 5.74) is -0.699. The van der Waals surface area contributed by atoms with Gasteiger partial charge in [-0.2, -0.15) is 13.2 Å². The Bertz CT molecular complexity index is 1270. The van der Waals surface area contributed by atoms with Crippen LogP contribution in [0.1, 0.15) is 57.6 Å². The van der Waals surface area contributed by atoms with Gasteiger partial charge in [0.25, 0.3) is 0 Å². The number of anilines is 1. The van der Waals surface area contributed by atoms with Gasteiger partial charge in [0.15, 0.2) is 0 Å². The average molecular weight is 625 g/mol. The van der Waals surface area contributed by atoms with Gasteiger partial charge in [-0.05, 0) is 56.5 Å². The summed E-state index contributed by atoms with van der Waals surface area (Å²) in [6.07, 6.45) is -2.99. The van der Waals surface area contributed by atoms with E-state index in [-0.39, 0.29) is 50.0 Å². The van der Waals surface area contributed by atoms with E-state index in [4.69, 9.17) is 23.2 Å². The Labute approximate surface area is 243 Å². The minimum absolute atomic E-state index is 0.0156. The number of sulfonamides is 1.